The quantitative estimate of drug-likeness (QED) is 0.350. The number of halogens is 2. The third kappa shape index (κ3) is 7.45. The number of nitrogens with zero attached hydrogens (tertiary/aromatic N) is 2. The molecule has 6 nitrogen and oxygen atoms in total. The number of hydrogen-bond donors (Lipinski definition) is 2. The summed E-state index contributed by atoms with van der Waals surface area (Å²) in [4.78, 5) is 4.41. The van der Waals surface area contributed by atoms with Crippen LogP contribution < -0.4 is 10.6 Å². The summed E-state index contributed by atoms with van der Waals surface area (Å²) in [5.41, 5.74) is 0.918. The maximum absolute atomic E-state index is 13.1. The molecule has 1 heterocycles. The minimum atomic E-state index is -3.07. The first kappa shape index (κ1) is 22.1. The molecule has 1 aliphatic heterocycles. The fourth-order valence-electron chi connectivity index (χ4n) is 2.58. The Balaban J connectivity index is 0.00000312. The fourth-order valence-corrected chi connectivity index (χ4v) is 4.09. The molecule has 0 aromatic heterocycles. The second-order valence-corrected chi connectivity index (χ2v) is 7.72. The van der Waals surface area contributed by atoms with E-state index in [0.717, 1.165) is 5.56 Å². The lowest BCUT2D eigenvalue weighted by Gasteiger charge is -2.14. The van der Waals surface area contributed by atoms with E-state index in [1.165, 1.54) is 16.4 Å². The number of benzene rings is 1. The van der Waals surface area contributed by atoms with Gasteiger partial charge < -0.3 is 10.6 Å². The lowest BCUT2D eigenvalue weighted by atomic mass is 10.1. The van der Waals surface area contributed by atoms with Crippen LogP contribution in [0.25, 0.3) is 0 Å². The maximum Gasteiger partial charge on any atom is 0.214 e. The van der Waals surface area contributed by atoms with Crippen LogP contribution in [0.4, 0.5) is 4.39 Å². The standard InChI is InChI=1S/C16H25FN4O2S.HI/c1-2-18-16(19-8-7-14-5-3-6-15(17)13-14)20-9-11-21-10-4-12-24(21,22)23;/h3,5-6,13H,2,4,7-12H2,1H3,(H2,18,19,20);1H. The van der Waals surface area contributed by atoms with E-state index in [0.29, 0.717) is 51.5 Å². The molecule has 0 bridgehead atoms. The van der Waals surface area contributed by atoms with E-state index in [9.17, 15) is 12.8 Å². The van der Waals surface area contributed by atoms with Crippen LogP contribution in [-0.2, 0) is 16.4 Å². The summed E-state index contributed by atoms with van der Waals surface area (Å²) in [6, 6.07) is 6.52. The molecule has 1 aromatic carbocycles. The molecule has 142 valence electrons. The van der Waals surface area contributed by atoms with E-state index in [1.807, 2.05) is 13.0 Å². The Morgan fingerprint density at radius 2 is 2.16 bits per heavy atom. The van der Waals surface area contributed by atoms with Gasteiger partial charge in [0, 0.05) is 26.2 Å². The molecule has 2 rings (SSSR count). The highest BCUT2D eigenvalue weighted by Gasteiger charge is 2.27. The molecule has 1 aliphatic rings. The molecule has 0 atom stereocenters. The molecule has 0 spiro atoms. The van der Waals surface area contributed by atoms with Crippen molar-refractivity contribution in [2.75, 3.05) is 38.5 Å². The Labute approximate surface area is 166 Å². The molecule has 0 radical (unpaired) electrons. The van der Waals surface area contributed by atoms with Gasteiger partial charge in [-0.05, 0) is 37.5 Å². The lowest BCUT2D eigenvalue weighted by molar-refractivity contribution is 0.452. The van der Waals surface area contributed by atoms with Crippen LogP contribution in [0.5, 0.6) is 0 Å². The smallest absolute Gasteiger partial charge is 0.214 e. The van der Waals surface area contributed by atoms with Crippen molar-refractivity contribution in [3.8, 4) is 0 Å². The van der Waals surface area contributed by atoms with Crippen molar-refractivity contribution in [3.05, 3.63) is 35.6 Å². The zero-order chi connectivity index (χ0) is 17.4. The second kappa shape index (κ2) is 10.9. The van der Waals surface area contributed by atoms with Crippen LogP contribution in [0, 0.1) is 5.82 Å². The molecule has 9 heteroatoms. The van der Waals surface area contributed by atoms with Crippen LogP contribution in [0.1, 0.15) is 18.9 Å². The van der Waals surface area contributed by atoms with Crippen molar-refractivity contribution in [3.63, 3.8) is 0 Å². The summed E-state index contributed by atoms with van der Waals surface area (Å²) >= 11 is 0. The molecule has 0 amide bonds. The van der Waals surface area contributed by atoms with E-state index >= 15 is 0 Å². The van der Waals surface area contributed by atoms with Gasteiger partial charge in [-0.3, -0.25) is 4.99 Å². The molecule has 1 aromatic rings. The highest BCUT2D eigenvalue weighted by Crippen LogP contribution is 2.12. The normalized spacial score (nSPS) is 17.1. The van der Waals surface area contributed by atoms with Gasteiger partial charge in [0.05, 0.1) is 12.3 Å². The molecule has 0 saturated carbocycles. The zero-order valence-electron chi connectivity index (χ0n) is 14.4. The first-order chi connectivity index (χ1) is 11.5. The minimum Gasteiger partial charge on any atom is -0.357 e. The second-order valence-electron chi connectivity index (χ2n) is 5.64. The number of nitrogens with one attached hydrogen (secondary N) is 2. The number of sulfonamides is 1. The van der Waals surface area contributed by atoms with Crippen LogP contribution in [0.2, 0.25) is 0 Å². The van der Waals surface area contributed by atoms with Gasteiger partial charge in [-0.25, -0.2) is 17.1 Å². The van der Waals surface area contributed by atoms with Gasteiger partial charge in [0.25, 0.3) is 0 Å². The van der Waals surface area contributed by atoms with Crippen molar-refractivity contribution in [2.45, 2.75) is 19.8 Å². The molecule has 2 N–H and O–H groups in total. The predicted octanol–water partition coefficient (Wildman–Crippen LogP) is 1.58. The Kier molecular flexibility index (Phi) is 9.65. The summed E-state index contributed by atoms with van der Waals surface area (Å²) in [6.07, 6.45) is 1.38. The average Bonchev–Trinajstić information content (AvgIpc) is 2.86. The Hall–Kier alpha value is -0.940. The SMILES string of the molecule is CCNC(=NCCN1CCCS1(=O)=O)NCCc1cccc(F)c1.I. The molecular weight excluding hydrogens is 458 g/mol. The minimum absolute atomic E-state index is 0. The molecule has 0 aliphatic carbocycles. The molecule has 1 saturated heterocycles. The van der Waals surface area contributed by atoms with Crippen LogP contribution in [-0.4, -0.2) is 57.2 Å². The molecule has 0 unspecified atom stereocenters. The van der Waals surface area contributed by atoms with E-state index < -0.39 is 10.0 Å². The number of hydrogen-bond acceptors (Lipinski definition) is 3. The van der Waals surface area contributed by atoms with Gasteiger partial charge in [-0.15, -0.1) is 24.0 Å². The molecular formula is C16H26FIN4O2S. The highest BCUT2D eigenvalue weighted by atomic mass is 127. The van der Waals surface area contributed by atoms with E-state index in [4.69, 9.17) is 0 Å². The fraction of sp³-hybridized carbons (Fsp3) is 0.562. The van der Waals surface area contributed by atoms with Gasteiger partial charge >= 0.3 is 0 Å². The summed E-state index contributed by atoms with van der Waals surface area (Å²) in [6.45, 7) is 4.71. The van der Waals surface area contributed by atoms with E-state index in [-0.39, 0.29) is 35.5 Å². The van der Waals surface area contributed by atoms with Gasteiger partial charge in [0.15, 0.2) is 5.96 Å². The Morgan fingerprint density at radius 3 is 2.80 bits per heavy atom. The highest BCUT2D eigenvalue weighted by molar-refractivity contribution is 14.0. The Bertz CT molecular complexity index is 670. The van der Waals surface area contributed by atoms with Crippen molar-refractivity contribution >= 4 is 40.0 Å². The summed E-state index contributed by atoms with van der Waals surface area (Å²) < 4.78 is 38.1. The number of guanidine groups is 1. The van der Waals surface area contributed by atoms with Crippen LogP contribution in [0.3, 0.4) is 0 Å². The van der Waals surface area contributed by atoms with Crippen LogP contribution >= 0.6 is 24.0 Å². The molecule has 1 fully saturated rings. The largest absolute Gasteiger partial charge is 0.357 e. The average molecular weight is 484 g/mol. The van der Waals surface area contributed by atoms with Gasteiger partial charge in [-0.2, -0.15) is 0 Å². The van der Waals surface area contributed by atoms with Crippen molar-refractivity contribution in [1.29, 1.82) is 0 Å². The first-order valence-electron chi connectivity index (χ1n) is 8.25. The van der Waals surface area contributed by atoms with Gasteiger partial charge in [0.2, 0.25) is 10.0 Å². The van der Waals surface area contributed by atoms with Gasteiger partial charge in [0.1, 0.15) is 5.82 Å². The zero-order valence-corrected chi connectivity index (χ0v) is 17.5. The maximum atomic E-state index is 13.1. The van der Waals surface area contributed by atoms with E-state index in [2.05, 4.69) is 15.6 Å². The predicted molar refractivity (Wildman–Crippen MR) is 109 cm³/mol. The van der Waals surface area contributed by atoms with E-state index in [1.54, 1.807) is 6.07 Å². The third-order valence-corrected chi connectivity index (χ3v) is 5.72. The lowest BCUT2D eigenvalue weighted by Crippen LogP contribution is -2.39. The van der Waals surface area contributed by atoms with Crippen LogP contribution in [0.15, 0.2) is 29.3 Å². The monoisotopic (exact) mass is 484 g/mol. The van der Waals surface area contributed by atoms with Crippen molar-refractivity contribution in [2.24, 2.45) is 4.99 Å². The van der Waals surface area contributed by atoms with Gasteiger partial charge in [-0.1, -0.05) is 12.1 Å². The summed E-state index contributed by atoms with van der Waals surface area (Å²) in [7, 11) is -3.07. The topological polar surface area (TPSA) is 73.8 Å². The number of aliphatic imine (C=N–C) groups is 1. The third-order valence-electron chi connectivity index (χ3n) is 3.76. The number of rotatable bonds is 7. The van der Waals surface area contributed by atoms with Crippen molar-refractivity contribution < 1.29 is 12.8 Å². The Morgan fingerprint density at radius 1 is 1.36 bits per heavy atom. The first-order valence-corrected chi connectivity index (χ1v) is 9.86. The summed E-state index contributed by atoms with van der Waals surface area (Å²) in [5, 5.41) is 6.31. The van der Waals surface area contributed by atoms with Crippen molar-refractivity contribution in [1.82, 2.24) is 14.9 Å². The summed E-state index contributed by atoms with van der Waals surface area (Å²) in [5.74, 6) is 0.647. The molecule has 25 heavy (non-hydrogen) atoms.